The third-order valence-electron chi connectivity index (χ3n) is 4.22. The highest BCUT2D eigenvalue weighted by molar-refractivity contribution is 7.09. The Morgan fingerprint density at radius 3 is 2.78 bits per heavy atom. The first-order valence-corrected chi connectivity index (χ1v) is 7.95. The van der Waals surface area contributed by atoms with Crippen molar-refractivity contribution < 1.29 is 0 Å². The average Bonchev–Trinajstić information content (AvgIpc) is 2.94. The van der Waals surface area contributed by atoms with E-state index >= 15 is 0 Å². The normalized spacial score (nSPS) is 20.8. The van der Waals surface area contributed by atoms with Gasteiger partial charge in [0.2, 0.25) is 0 Å². The Balaban J connectivity index is 1.76. The van der Waals surface area contributed by atoms with E-state index in [2.05, 4.69) is 29.6 Å². The molecule has 0 saturated heterocycles. The zero-order valence-electron chi connectivity index (χ0n) is 11.5. The van der Waals surface area contributed by atoms with E-state index in [1.807, 2.05) is 11.6 Å². The van der Waals surface area contributed by atoms with Gasteiger partial charge in [-0.15, -0.1) is 11.3 Å². The Labute approximate surface area is 114 Å². The summed E-state index contributed by atoms with van der Waals surface area (Å²) < 4.78 is 0. The number of hydrogen-bond donors (Lipinski definition) is 2. The molecule has 0 aromatic carbocycles. The molecule has 1 aromatic heterocycles. The van der Waals surface area contributed by atoms with Crippen LogP contribution in [-0.4, -0.2) is 24.1 Å². The molecule has 0 amide bonds. The number of nitrogens with zero attached hydrogens (tertiary/aromatic N) is 1. The third kappa shape index (κ3) is 3.53. The molecule has 1 atom stereocenters. The monoisotopic (exact) mass is 267 g/mol. The van der Waals surface area contributed by atoms with Crippen LogP contribution in [-0.2, 0) is 0 Å². The lowest BCUT2D eigenvalue weighted by Crippen LogP contribution is -2.46. The van der Waals surface area contributed by atoms with Crippen molar-refractivity contribution in [3.63, 3.8) is 0 Å². The molecule has 1 aliphatic rings. The molecule has 102 valence electrons. The van der Waals surface area contributed by atoms with Gasteiger partial charge in [-0.2, -0.15) is 0 Å². The van der Waals surface area contributed by atoms with Crippen molar-refractivity contribution in [1.29, 1.82) is 0 Å². The van der Waals surface area contributed by atoms with E-state index in [1.165, 1.54) is 43.5 Å². The SMILES string of the molecule is CNC1(CCNC(C)c2nccs2)CCCCC1. The summed E-state index contributed by atoms with van der Waals surface area (Å²) in [7, 11) is 2.12. The number of hydrogen-bond acceptors (Lipinski definition) is 4. The highest BCUT2D eigenvalue weighted by Gasteiger charge is 2.29. The zero-order chi connectivity index (χ0) is 12.8. The van der Waals surface area contributed by atoms with Gasteiger partial charge in [0, 0.05) is 17.1 Å². The lowest BCUT2D eigenvalue weighted by Gasteiger charge is -2.37. The van der Waals surface area contributed by atoms with Crippen molar-refractivity contribution in [3.05, 3.63) is 16.6 Å². The molecule has 0 bridgehead atoms. The number of rotatable bonds is 6. The first-order chi connectivity index (χ1) is 8.76. The Bertz CT molecular complexity index is 331. The summed E-state index contributed by atoms with van der Waals surface area (Å²) in [5.74, 6) is 0. The van der Waals surface area contributed by atoms with Crippen molar-refractivity contribution >= 4 is 11.3 Å². The van der Waals surface area contributed by atoms with Crippen molar-refractivity contribution in [3.8, 4) is 0 Å². The second kappa shape index (κ2) is 6.64. The predicted molar refractivity (Wildman–Crippen MR) is 78.0 cm³/mol. The minimum atomic E-state index is 0.377. The molecule has 0 spiro atoms. The van der Waals surface area contributed by atoms with E-state index in [0.717, 1.165) is 6.54 Å². The summed E-state index contributed by atoms with van der Waals surface area (Å²) in [6.45, 7) is 3.27. The summed E-state index contributed by atoms with van der Waals surface area (Å²) in [6.07, 6.45) is 9.93. The fraction of sp³-hybridized carbons (Fsp3) is 0.786. The molecule has 1 heterocycles. The van der Waals surface area contributed by atoms with Gasteiger partial charge in [0.1, 0.15) is 5.01 Å². The van der Waals surface area contributed by atoms with Crippen LogP contribution in [0.4, 0.5) is 0 Å². The van der Waals surface area contributed by atoms with Gasteiger partial charge in [-0.3, -0.25) is 0 Å². The zero-order valence-corrected chi connectivity index (χ0v) is 12.4. The highest BCUT2D eigenvalue weighted by Crippen LogP contribution is 2.30. The largest absolute Gasteiger partial charge is 0.314 e. The van der Waals surface area contributed by atoms with Crippen LogP contribution in [0.2, 0.25) is 0 Å². The Morgan fingerprint density at radius 2 is 2.17 bits per heavy atom. The number of nitrogens with one attached hydrogen (secondary N) is 2. The second-order valence-electron chi connectivity index (χ2n) is 5.39. The van der Waals surface area contributed by atoms with Crippen LogP contribution in [0.5, 0.6) is 0 Å². The average molecular weight is 267 g/mol. The van der Waals surface area contributed by atoms with Crippen LogP contribution < -0.4 is 10.6 Å². The summed E-state index contributed by atoms with van der Waals surface area (Å²) >= 11 is 1.73. The molecule has 0 aliphatic heterocycles. The summed E-state index contributed by atoms with van der Waals surface area (Å²) in [4.78, 5) is 4.36. The Hall–Kier alpha value is -0.450. The summed E-state index contributed by atoms with van der Waals surface area (Å²) in [5, 5.41) is 10.4. The van der Waals surface area contributed by atoms with Crippen molar-refractivity contribution in [2.24, 2.45) is 0 Å². The molecule has 18 heavy (non-hydrogen) atoms. The van der Waals surface area contributed by atoms with Gasteiger partial charge in [-0.25, -0.2) is 4.98 Å². The first-order valence-electron chi connectivity index (χ1n) is 7.07. The molecular weight excluding hydrogens is 242 g/mol. The van der Waals surface area contributed by atoms with Crippen molar-refractivity contribution in [2.45, 2.75) is 57.0 Å². The molecule has 2 N–H and O–H groups in total. The quantitative estimate of drug-likeness (QED) is 0.831. The number of aromatic nitrogens is 1. The maximum atomic E-state index is 4.36. The lowest BCUT2D eigenvalue weighted by molar-refractivity contribution is 0.226. The predicted octanol–water partition coefficient (Wildman–Crippen LogP) is 3.11. The van der Waals surface area contributed by atoms with Crippen molar-refractivity contribution in [2.75, 3.05) is 13.6 Å². The van der Waals surface area contributed by atoms with E-state index in [9.17, 15) is 0 Å². The minimum absolute atomic E-state index is 0.377. The van der Waals surface area contributed by atoms with Gasteiger partial charge in [-0.1, -0.05) is 19.3 Å². The van der Waals surface area contributed by atoms with Crippen LogP contribution in [0, 0.1) is 0 Å². The smallest absolute Gasteiger partial charge is 0.109 e. The molecule has 4 heteroatoms. The molecule has 1 unspecified atom stereocenters. The van der Waals surface area contributed by atoms with Crippen LogP contribution in [0.1, 0.15) is 56.5 Å². The van der Waals surface area contributed by atoms with E-state index in [-0.39, 0.29) is 0 Å². The molecule has 0 radical (unpaired) electrons. The van der Waals surface area contributed by atoms with E-state index in [1.54, 1.807) is 11.3 Å². The van der Waals surface area contributed by atoms with Gasteiger partial charge in [-0.05, 0) is 39.8 Å². The molecule has 1 aromatic rings. The highest BCUT2D eigenvalue weighted by atomic mass is 32.1. The fourth-order valence-corrected chi connectivity index (χ4v) is 3.59. The molecule has 3 nitrogen and oxygen atoms in total. The first kappa shape index (κ1) is 14.0. The Kier molecular flexibility index (Phi) is 5.15. The molecule has 1 fully saturated rings. The standard InChI is InChI=1S/C14H25N3S/c1-12(13-17-10-11-18-13)16-9-8-14(15-2)6-4-3-5-7-14/h10-12,15-16H,3-9H2,1-2H3. The van der Waals surface area contributed by atoms with Gasteiger partial charge >= 0.3 is 0 Å². The molecule has 1 saturated carbocycles. The summed E-state index contributed by atoms with van der Waals surface area (Å²) in [5.41, 5.74) is 0.383. The lowest BCUT2D eigenvalue weighted by atomic mass is 9.79. The number of thiazole rings is 1. The summed E-state index contributed by atoms with van der Waals surface area (Å²) in [6, 6.07) is 0.377. The maximum Gasteiger partial charge on any atom is 0.109 e. The van der Waals surface area contributed by atoms with Gasteiger partial charge in [0.15, 0.2) is 0 Å². The van der Waals surface area contributed by atoms with Gasteiger partial charge in [0.25, 0.3) is 0 Å². The third-order valence-corrected chi connectivity index (χ3v) is 5.18. The fourth-order valence-electron chi connectivity index (χ4n) is 2.92. The topological polar surface area (TPSA) is 37.0 Å². The van der Waals surface area contributed by atoms with Gasteiger partial charge < -0.3 is 10.6 Å². The van der Waals surface area contributed by atoms with Crippen LogP contribution >= 0.6 is 11.3 Å². The maximum absolute atomic E-state index is 4.36. The van der Waals surface area contributed by atoms with E-state index in [0.29, 0.717) is 11.6 Å². The second-order valence-corrected chi connectivity index (χ2v) is 6.31. The van der Waals surface area contributed by atoms with Crippen molar-refractivity contribution in [1.82, 2.24) is 15.6 Å². The van der Waals surface area contributed by atoms with E-state index in [4.69, 9.17) is 0 Å². The molecule has 1 aliphatic carbocycles. The van der Waals surface area contributed by atoms with E-state index < -0.39 is 0 Å². The van der Waals surface area contributed by atoms with Crippen LogP contribution in [0.15, 0.2) is 11.6 Å². The van der Waals surface area contributed by atoms with Crippen LogP contribution in [0.25, 0.3) is 0 Å². The molecule has 2 rings (SSSR count). The minimum Gasteiger partial charge on any atom is -0.314 e. The van der Waals surface area contributed by atoms with Crippen LogP contribution in [0.3, 0.4) is 0 Å². The Morgan fingerprint density at radius 1 is 1.39 bits per heavy atom. The van der Waals surface area contributed by atoms with Gasteiger partial charge in [0.05, 0.1) is 6.04 Å². The molecular formula is C14H25N3S.